The molecule has 0 saturated heterocycles. The number of hydrogen-bond donors (Lipinski definition) is 3. The fraction of sp³-hybridized carbons (Fsp3) is 0.172. The number of H-pyrrole nitrogens is 2. The van der Waals surface area contributed by atoms with Crippen molar-refractivity contribution in [3.8, 4) is 34.0 Å². The molecule has 0 aliphatic heterocycles. The summed E-state index contributed by atoms with van der Waals surface area (Å²) < 4.78 is 14.1. The maximum Gasteiger partial charge on any atom is 0.227 e. The van der Waals surface area contributed by atoms with Crippen LogP contribution in [0.4, 0.5) is 10.1 Å². The Balaban J connectivity index is 1.27. The first-order chi connectivity index (χ1) is 19.0. The first-order valence-electron chi connectivity index (χ1n) is 12.8. The molecule has 7 rings (SSSR count). The summed E-state index contributed by atoms with van der Waals surface area (Å²) in [5.74, 6) is 0.313. The van der Waals surface area contributed by atoms with E-state index in [2.05, 4.69) is 30.5 Å². The van der Waals surface area contributed by atoms with Crippen molar-refractivity contribution >= 4 is 33.7 Å². The number of anilines is 1. The number of nitrogens with one attached hydrogen (secondary N) is 3. The summed E-state index contributed by atoms with van der Waals surface area (Å²) in [7, 11) is 0. The molecule has 1 aromatic carbocycles. The van der Waals surface area contributed by atoms with Gasteiger partial charge in [0.2, 0.25) is 5.91 Å². The molecule has 1 saturated carbocycles. The molecule has 10 heteroatoms. The highest BCUT2D eigenvalue weighted by Gasteiger charge is 2.25. The SMILES string of the molecule is Cc1cc(F)cc(-c2nccc3[nH]c(-c4n[nH]c5ccc(-c6cncc(NC(=O)C7CCC7)c6)nc45)nc23)c1. The summed E-state index contributed by atoms with van der Waals surface area (Å²) in [6, 6.07) is 12.3. The highest BCUT2D eigenvalue weighted by molar-refractivity contribution is 5.96. The van der Waals surface area contributed by atoms with Gasteiger partial charge in [0.05, 0.1) is 34.3 Å². The third-order valence-electron chi connectivity index (χ3n) is 7.13. The number of carbonyl (C=O) groups is 1. The first kappa shape index (κ1) is 23.2. The van der Waals surface area contributed by atoms with Gasteiger partial charge in [0.25, 0.3) is 0 Å². The van der Waals surface area contributed by atoms with E-state index in [4.69, 9.17) is 9.97 Å². The molecule has 1 amide bonds. The van der Waals surface area contributed by atoms with Crippen LogP contribution in [0, 0.1) is 18.7 Å². The zero-order valence-corrected chi connectivity index (χ0v) is 21.0. The summed E-state index contributed by atoms with van der Waals surface area (Å²) in [5, 5.41) is 10.5. The van der Waals surface area contributed by atoms with Crippen molar-refractivity contribution < 1.29 is 9.18 Å². The number of aromatic nitrogens is 7. The number of amides is 1. The van der Waals surface area contributed by atoms with Gasteiger partial charge in [-0.2, -0.15) is 5.10 Å². The topological polar surface area (TPSA) is 125 Å². The molecular weight excluding hydrogens is 495 g/mol. The molecule has 1 aliphatic carbocycles. The summed E-state index contributed by atoms with van der Waals surface area (Å²) in [6.45, 7) is 1.84. The fourth-order valence-corrected chi connectivity index (χ4v) is 4.92. The zero-order valence-electron chi connectivity index (χ0n) is 21.0. The van der Waals surface area contributed by atoms with Crippen molar-refractivity contribution in [2.45, 2.75) is 26.2 Å². The van der Waals surface area contributed by atoms with Crippen LogP contribution in [0.1, 0.15) is 24.8 Å². The van der Waals surface area contributed by atoms with E-state index in [-0.39, 0.29) is 17.6 Å². The average molecular weight is 519 g/mol. The third-order valence-corrected chi connectivity index (χ3v) is 7.13. The highest BCUT2D eigenvalue weighted by Crippen LogP contribution is 2.32. The van der Waals surface area contributed by atoms with Crippen LogP contribution in [0.5, 0.6) is 0 Å². The second-order valence-electron chi connectivity index (χ2n) is 9.90. The van der Waals surface area contributed by atoms with Crippen LogP contribution >= 0.6 is 0 Å². The lowest BCUT2D eigenvalue weighted by molar-refractivity contribution is -0.122. The van der Waals surface area contributed by atoms with Gasteiger partial charge < -0.3 is 10.3 Å². The highest BCUT2D eigenvalue weighted by atomic mass is 19.1. The number of fused-ring (bicyclic) bond motifs is 2. The molecule has 0 bridgehead atoms. The molecule has 0 atom stereocenters. The number of carbonyl (C=O) groups excluding carboxylic acids is 1. The van der Waals surface area contributed by atoms with Crippen molar-refractivity contribution in [2.24, 2.45) is 5.92 Å². The van der Waals surface area contributed by atoms with Crippen LogP contribution in [0.25, 0.3) is 56.1 Å². The van der Waals surface area contributed by atoms with Crippen LogP contribution in [-0.2, 0) is 4.79 Å². The maximum atomic E-state index is 14.1. The van der Waals surface area contributed by atoms with Crippen molar-refractivity contribution in [1.82, 2.24) is 35.1 Å². The molecular formula is C29H23FN8O. The number of nitrogens with zero attached hydrogens (tertiary/aromatic N) is 5. The average Bonchev–Trinajstić information content (AvgIpc) is 3.50. The number of aromatic amines is 2. The minimum atomic E-state index is -0.323. The Kier molecular flexibility index (Phi) is 5.39. The Bertz CT molecular complexity index is 1870. The molecule has 0 unspecified atom stereocenters. The van der Waals surface area contributed by atoms with E-state index >= 15 is 0 Å². The van der Waals surface area contributed by atoms with Crippen molar-refractivity contribution in [1.29, 1.82) is 0 Å². The molecule has 39 heavy (non-hydrogen) atoms. The van der Waals surface area contributed by atoms with E-state index < -0.39 is 0 Å². The molecule has 1 aliphatic rings. The molecule has 9 nitrogen and oxygen atoms in total. The Morgan fingerprint density at radius 3 is 2.67 bits per heavy atom. The number of imidazole rings is 1. The number of pyridine rings is 3. The molecule has 1 fully saturated rings. The van der Waals surface area contributed by atoms with Gasteiger partial charge in [0.15, 0.2) is 11.5 Å². The number of benzene rings is 1. The van der Waals surface area contributed by atoms with Gasteiger partial charge in [0.1, 0.15) is 16.9 Å². The van der Waals surface area contributed by atoms with Gasteiger partial charge in [0, 0.05) is 29.4 Å². The van der Waals surface area contributed by atoms with Crippen LogP contribution in [-0.4, -0.2) is 41.0 Å². The minimum Gasteiger partial charge on any atom is -0.336 e. The third kappa shape index (κ3) is 4.19. The quantitative estimate of drug-likeness (QED) is 0.264. The Hall–Kier alpha value is -4.99. The molecule has 0 spiro atoms. The van der Waals surface area contributed by atoms with E-state index in [1.54, 1.807) is 18.6 Å². The van der Waals surface area contributed by atoms with Crippen molar-refractivity contribution in [2.75, 3.05) is 5.32 Å². The minimum absolute atomic E-state index is 0.0351. The summed E-state index contributed by atoms with van der Waals surface area (Å²) in [6.07, 6.45) is 7.99. The van der Waals surface area contributed by atoms with Crippen LogP contribution in [0.2, 0.25) is 0 Å². The lowest BCUT2D eigenvalue weighted by Gasteiger charge is -2.24. The van der Waals surface area contributed by atoms with Gasteiger partial charge in [-0.15, -0.1) is 0 Å². The van der Waals surface area contributed by atoms with E-state index in [9.17, 15) is 9.18 Å². The van der Waals surface area contributed by atoms with Crippen LogP contribution < -0.4 is 5.32 Å². The first-order valence-corrected chi connectivity index (χ1v) is 12.8. The molecule has 5 aromatic heterocycles. The molecule has 192 valence electrons. The molecule has 6 aromatic rings. The smallest absolute Gasteiger partial charge is 0.227 e. The van der Waals surface area contributed by atoms with Crippen LogP contribution in [0.15, 0.2) is 61.1 Å². The lowest BCUT2D eigenvalue weighted by Crippen LogP contribution is -2.28. The number of halogens is 1. The monoisotopic (exact) mass is 518 g/mol. The molecule has 3 N–H and O–H groups in total. The Morgan fingerprint density at radius 1 is 0.974 bits per heavy atom. The van der Waals surface area contributed by atoms with Gasteiger partial charge in [-0.05, 0) is 67.8 Å². The van der Waals surface area contributed by atoms with E-state index in [0.717, 1.165) is 41.4 Å². The zero-order chi connectivity index (χ0) is 26.5. The van der Waals surface area contributed by atoms with Gasteiger partial charge in [-0.25, -0.2) is 14.4 Å². The maximum absolute atomic E-state index is 14.1. The largest absolute Gasteiger partial charge is 0.336 e. The second kappa shape index (κ2) is 9.09. The fourth-order valence-electron chi connectivity index (χ4n) is 4.92. The summed E-state index contributed by atoms with van der Waals surface area (Å²) in [4.78, 5) is 34.2. The predicted molar refractivity (Wildman–Crippen MR) is 146 cm³/mol. The van der Waals surface area contributed by atoms with Crippen LogP contribution in [0.3, 0.4) is 0 Å². The summed E-state index contributed by atoms with van der Waals surface area (Å²) >= 11 is 0. The normalized spacial score (nSPS) is 13.6. The standard InChI is InChI=1S/C29H23FN8O/c1-15-9-17(11-19(30)10-15)24-25-22(7-8-32-24)35-28(36-25)27-26-23(37-38-27)6-5-21(34-26)18-12-20(14-31-13-18)33-29(39)16-3-2-4-16/h5-14,16H,2-4H2,1H3,(H,33,39)(H,35,36)(H,37,38). The second-order valence-corrected chi connectivity index (χ2v) is 9.90. The summed E-state index contributed by atoms with van der Waals surface area (Å²) in [5.41, 5.74) is 7.43. The van der Waals surface area contributed by atoms with Gasteiger partial charge >= 0.3 is 0 Å². The van der Waals surface area contributed by atoms with Gasteiger partial charge in [-0.3, -0.25) is 19.9 Å². The number of aryl methyl sites for hydroxylation is 1. The van der Waals surface area contributed by atoms with E-state index in [1.165, 1.54) is 12.1 Å². The Labute approximate surface area is 222 Å². The van der Waals surface area contributed by atoms with Crippen molar-refractivity contribution in [3.05, 3.63) is 72.4 Å². The lowest BCUT2D eigenvalue weighted by atomic mass is 9.85. The predicted octanol–water partition coefficient (Wildman–Crippen LogP) is 5.81. The van der Waals surface area contributed by atoms with Crippen molar-refractivity contribution in [3.63, 3.8) is 0 Å². The Morgan fingerprint density at radius 2 is 1.85 bits per heavy atom. The molecule has 0 radical (unpaired) electrons. The van der Waals surface area contributed by atoms with E-state index in [1.807, 2.05) is 37.3 Å². The number of rotatable bonds is 5. The molecule has 5 heterocycles. The van der Waals surface area contributed by atoms with E-state index in [0.29, 0.717) is 45.2 Å². The van der Waals surface area contributed by atoms with Gasteiger partial charge in [-0.1, -0.05) is 6.42 Å². The number of hydrogen-bond acceptors (Lipinski definition) is 6.